The summed E-state index contributed by atoms with van der Waals surface area (Å²) in [6.07, 6.45) is 0. The van der Waals surface area contributed by atoms with Gasteiger partial charge in [-0.25, -0.2) is 0 Å². The first kappa shape index (κ1) is 50.9. The standard InChI is InChI=1S/C43H56B25NO/c1-43(2)11-4(23(54)41-9(14(11)45)10-21(52)27(58)32(63)37(68)42(10)70-41)3-12(43)24(55)39(33(64)15(3)46)69(40-35(66)30(61)29(60)31(62)36(40)67)38-22(53)8(20(51)28(59)34(38)65)6-13(44)5-7(17(48)16(6)47)19(50)26(57)25(56)18(5)49/h44-68H2,1-2H3. The monoisotopic (exact) mass is 878 g/mol. The second-order valence-corrected chi connectivity index (χ2v) is 23.1. The first-order chi connectivity index (χ1) is 32.5. The molecule has 70 heavy (non-hydrogen) atoms. The summed E-state index contributed by atoms with van der Waals surface area (Å²) in [6.45, 7) is 5.01. The third-order valence-corrected chi connectivity index (χ3v) is 20.0. The lowest BCUT2D eigenvalue weighted by atomic mass is 9.56. The van der Waals surface area contributed by atoms with Gasteiger partial charge in [-0.15, -0.1) is 21.9 Å². The molecule has 8 aromatic rings. The molecule has 0 aliphatic heterocycles. The molecule has 0 amide bonds. The fraction of sp³-hybridized carbons (Fsp3) is 0.0698. The van der Waals surface area contributed by atoms with Crippen LogP contribution in [0.1, 0.15) is 25.0 Å². The summed E-state index contributed by atoms with van der Waals surface area (Å²) < 4.78 is 7.11. The summed E-state index contributed by atoms with van der Waals surface area (Å²) in [5, 5.41) is 5.44. The van der Waals surface area contributed by atoms with E-state index in [-0.39, 0.29) is 5.41 Å². The Morgan fingerprint density at radius 1 is 0.243 bits per heavy atom. The van der Waals surface area contributed by atoms with Crippen molar-refractivity contribution < 1.29 is 4.42 Å². The van der Waals surface area contributed by atoms with E-state index in [4.69, 9.17) is 4.42 Å². The molecule has 1 aliphatic rings. The summed E-state index contributed by atoms with van der Waals surface area (Å²) in [5.41, 5.74) is 48.2. The lowest BCUT2D eigenvalue weighted by molar-refractivity contribution is 0.666. The fourth-order valence-corrected chi connectivity index (χ4v) is 14.6. The average Bonchev–Trinajstić information content (AvgIpc) is 3.84. The van der Waals surface area contributed by atoms with Crippen LogP contribution >= 0.6 is 0 Å². The topological polar surface area (TPSA) is 16.4 Å². The second kappa shape index (κ2) is 16.8. The molecule has 0 atom stereocenters. The highest BCUT2D eigenvalue weighted by Crippen LogP contribution is 2.48. The van der Waals surface area contributed by atoms with Crippen LogP contribution in [0.3, 0.4) is 0 Å². The third kappa shape index (κ3) is 6.36. The van der Waals surface area contributed by atoms with Crippen LogP contribution in [0.25, 0.3) is 55.0 Å². The quantitative estimate of drug-likeness (QED) is 0.164. The molecular formula is C43H56B25NO. The number of fused-ring (bicyclic) bond motifs is 7. The largest absolute Gasteiger partial charge is 0.457 e. The van der Waals surface area contributed by atoms with E-state index in [9.17, 15) is 0 Å². The predicted molar refractivity (Wildman–Crippen MR) is 393 cm³/mol. The lowest BCUT2D eigenvalue weighted by Gasteiger charge is -2.40. The van der Waals surface area contributed by atoms with Crippen molar-refractivity contribution in [3.05, 3.63) is 11.1 Å². The number of anilines is 3. The van der Waals surface area contributed by atoms with Crippen LogP contribution in [0.15, 0.2) is 4.42 Å². The molecule has 7 aromatic carbocycles. The molecule has 2 nitrogen and oxygen atoms in total. The molecule has 0 N–H and O–H groups in total. The number of benzene rings is 7. The van der Waals surface area contributed by atoms with Crippen molar-refractivity contribution in [2.24, 2.45) is 0 Å². The van der Waals surface area contributed by atoms with Gasteiger partial charge in [-0.3, -0.25) is 0 Å². The summed E-state index contributed by atoms with van der Waals surface area (Å²) >= 11 is 0. The average molecular weight is 873 g/mol. The van der Waals surface area contributed by atoms with Gasteiger partial charge in [0.1, 0.15) is 207 Å². The Morgan fingerprint density at radius 2 is 0.529 bits per heavy atom. The Bertz CT molecular complexity index is 3790. The minimum absolute atomic E-state index is 0.284. The van der Waals surface area contributed by atoms with E-state index in [1.165, 1.54) is 209 Å². The fourth-order valence-electron chi connectivity index (χ4n) is 14.6. The Hall–Kier alpha value is -3.98. The molecule has 0 saturated carbocycles. The Labute approximate surface area is 441 Å². The van der Waals surface area contributed by atoms with E-state index in [0.29, 0.717) is 0 Å². The Kier molecular flexibility index (Phi) is 12.2. The second-order valence-electron chi connectivity index (χ2n) is 23.1. The van der Waals surface area contributed by atoms with Gasteiger partial charge in [-0.1, -0.05) is 123 Å². The van der Waals surface area contributed by atoms with Gasteiger partial charge in [-0.05, 0) is 49.6 Å². The lowest BCUT2D eigenvalue weighted by Crippen LogP contribution is -2.58. The minimum atomic E-state index is -0.284. The third-order valence-electron chi connectivity index (χ3n) is 20.0. The van der Waals surface area contributed by atoms with E-state index in [1.807, 2.05) is 0 Å². The number of rotatable bonds is 4. The SMILES string of the molecule is Bc1c(B)c(B)c(N(c2c(B)c(B)c(B)c(-c3c(B)c(B)c4c(B)c(B)c(B)c(B)c4c3B)c2B)c2c(B)c(B)c3c(c2B)C(C)(C)c2c-3c(B)c3oc4c(B)c(B)c(B)c(B)c4c3c2B)c(B)c1B. The van der Waals surface area contributed by atoms with Gasteiger partial charge >= 0.3 is 0 Å². The van der Waals surface area contributed by atoms with E-state index in [0.717, 1.165) is 11.2 Å². The zero-order valence-corrected chi connectivity index (χ0v) is 48.4. The summed E-state index contributed by atoms with van der Waals surface area (Å²) in [5.74, 6) is 0. The summed E-state index contributed by atoms with van der Waals surface area (Å²) in [6, 6.07) is 0. The zero-order chi connectivity index (χ0) is 51.9. The number of hydrogen-bond donors (Lipinski definition) is 0. The first-order valence-corrected chi connectivity index (χ1v) is 26.1. The zero-order valence-electron chi connectivity index (χ0n) is 48.4. The normalized spacial score (nSPS) is 12.8. The smallest absolute Gasteiger partial charge is 0.145 e. The highest BCUT2D eigenvalue weighted by Gasteiger charge is 2.43. The molecular weight excluding hydrogens is 817 g/mol. The molecule has 0 spiro atoms. The molecule has 9 rings (SSSR count). The highest BCUT2D eigenvalue weighted by molar-refractivity contribution is 6.75. The number of nitrogens with zero attached hydrogens (tertiary/aromatic N) is 1. The van der Waals surface area contributed by atoms with Gasteiger partial charge in [0.15, 0.2) is 0 Å². The molecule has 0 fully saturated rings. The molecule has 1 aromatic heterocycles. The van der Waals surface area contributed by atoms with Crippen molar-refractivity contribution in [2.45, 2.75) is 19.3 Å². The summed E-state index contributed by atoms with van der Waals surface area (Å²) in [4.78, 5) is 2.78. The van der Waals surface area contributed by atoms with Gasteiger partial charge in [-0.2, -0.15) is 0 Å². The van der Waals surface area contributed by atoms with Gasteiger partial charge in [0.05, 0.1) is 0 Å². The molecule has 0 unspecified atom stereocenters. The minimum Gasteiger partial charge on any atom is -0.457 e. The van der Waals surface area contributed by atoms with Crippen LogP contribution in [0.4, 0.5) is 17.1 Å². The molecule has 314 valence electrons. The number of hydrogen-bond acceptors (Lipinski definition) is 2. The Morgan fingerprint density at radius 3 is 1.06 bits per heavy atom. The highest BCUT2D eigenvalue weighted by atomic mass is 16.3. The maximum Gasteiger partial charge on any atom is 0.145 e. The van der Waals surface area contributed by atoms with Gasteiger partial charge < -0.3 is 9.32 Å². The van der Waals surface area contributed by atoms with Crippen LogP contribution in [-0.2, 0) is 5.41 Å². The van der Waals surface area contributed by atoms with E-state index >= 15 is 0 Å². The predicted octanol–water partition coefficient (Wildman–Crippen LogP) is -31.4. The molecule has 27 heteroatoms. The molecule has 0 radical (unpaired) electrons. The maximum absolute atomic E-state index is 7.11. The van der Waals surface area contributed by atoms with Crippen molar-refractivity contribution in [2.75, 3.05) is 4.90 Å². The van der Waals surface area contributed by atoms with Crippen molar-refractivity contribution in [3.8, 4) is 22.3 Å². The van der Waals surface area contributed by atoms with Crippen LogP contribution in [0, 0.1) is 0 Å². The van der Waals surface area contributed by atoms with E-state index in [1.54, 1.807) is 0 Å². The van der Waals surface area contributed by atoms with Crippen LogP contribution < -0.4 is 141 Å². The molecule has 1 heterocycles. The van der Waals surface area contributed by atoms with Gasteiger partial charge in [0, 0.05) is 33.2 Å². The molecule has 0 bridgehead atoms. The van der Waals surface area contributed by atoms with Crippen molar-refractivity contribution in [1.82, 2.24) is 0 Å². The summed E-state index contributed by atoms with van der Waals surface area (Å²) in [7, 11) is 58.9. The van der Waals surface area contributed by atoms with Gasteiger partial charge in [0.2, 0.25) is 0 Å². The Balaban J connectivity index is 1.45. The van der Waals surface area contributed by atoms with Crippen LogP contribution in [-0.4, -0.2) is 196 Å². The van der Waals surface area contributed by atoms with Crippen LogP contribution in [0.5, 0.6) is 0 Å². The van der Waals surface area contributed by atoms with Crippen molar-refractivity contribution in [3.63, 3.8) is 0 Å². The molecule has 0 saturated heterocycles. The van der Waals surface area contributed by atoms with Crippen molar-refractivity contribution in [1.29, 1.82) is 0 Å². The van der Waals surface area contributed by atoms with Crippen LogP contribution in [0.2, 0.25) is 0 Å². The first-order valence-electron chi connectivity index (χ1n) is 26.1. The maximum atomic E-state index is 7.11. The molecule has 1 aliphatic carbocycles. The van der Waals surface area contributed by atoms with E-state index in [2.05, 4.69) is 215 Å². The van der Waals surface area contributed by atoms with Crippen molar-refractivity contribution >= 4 is 383 Å². The van der Waals surface area contributed by atoms with Gasteiger partial charge in [0.25, 0.3) is 0 Å². The number of furan rings is 1. The van der Waals surface area contributed by atoms with E-state index < -0.39 is 0 Å².